The predicted octanol–water partition coefficient (Wildman–Crippen LogP) is 4.08. The Hall–Kier alpha value is -4.99. The first-order valence-corrected chi connectivity index (χ1v) is 10.8. The van der Waals surface area contributed by atoms with Crippen LogP contribution in [0.2, 0.25) is 0 Å². The van der Waals surface area contributed by atoms with Crippen molar-refractivity contribution in [3.8, 4) is 17.3 Å². The van der Waals surface area contributed by atoms with Gasteiger partial charge in [-0.2, -0.15) is 0 Å². The van der Waals surface area contributed by atoms with Crippen molar-refractivity contribution in [2.45, 2.75) is 6.92 Å². The highest BCUT2D eigenvalue weighted by Crippen LogP contribution is 2.25. The van der Waals surface area contributed by atoms with E-state index in [1.807, 2.05) is 29.5 Å². The van der Waals surface area contributed by atoms with Crippen molar-refractivity contribution < 1.29 is 9.53 Å². The molecule has 35 heavy (non-hydrogen) atoms. The molecule has 3 heterocycles. The Morgan fingerprint density at radius 2 is 1.83 bits per heavy atom. The fourth-order valence-electron chi connectivity index (χ4n) is 3.66. The van der Waals surface area contributed by atoms with Gasteiger partial charge in [-0.05, 0) is 49.4 Å². The third-order valence-corrected chi connectivity index (χ3v) is 5.39. The largest absolute Gasteiger partial charge is 0.481 e. The van der Waals surface area contributed by atoms with Crippen LogP contribution >= 0.6 is 0 Å². The Morgan fingerprint density at radius 3 is 2.60 bits per heavy atom. The van der Waals surface area contributed by atoms with Crippen molar-refractivity contribution in [3.63, 3.8) is 0 Å². The van der Waals surface area contributed by atoms with E-state index in [1.165, 1.54) is 0 Å². The zero-order chi connectivity index (χ0) is 24.4. The van der Waals surface area contributed by atoms with E-state index >= 15 is 0 Å². The number of nitrogens with zero attached hydrogens (tertiary/aromatic N) is 5. The molecule has 0 atom stereocenters. The average molecular weight is 467 g/mol. The number of rotatable bonds is 6. The van der Waals surface area contributed by atoms with Gasteiger partial charge in [0.15, 0.2) is 0 Å². The van der Waals surface area contributed by atoms with E-state index < -0.39 is 0 Å². The Balaban J connectivity index is 1.35. The topological polar surface area (TPSA) is 132 Å². The van der Waals surface area contributed by atoms with Gasteiger partial charge in [-0.1, -0.05) is 12.1 Å². The molecular weight excluding hydrogens is 444 g/mol. The van der Waals surface area contributed by atoms with Crippen LogP contribution in [0.1, 0.15) is 16.1 Å². The maximum Gasteiger partial charge on any atom is 0.255 e. The molecule has 2 aromatic carbocycles. The highest BCUT2D eigenvalue weighted by molar-refractivity contribution is 6.05. The number of anilines is 4. The molecule has 10 nitrogen and oxygen atoms in total. The van der Waals surface area contributed by atoms with Gasteiger partial charge >= 0.3 is 0 Å². The van der Waals surface area contributed by atoms with Crippen LogP contribution in [0.5, 0.6) is 5.88 Å². The number of carbonyl (C=O) groups is 1. The quantitative estimate of drug-likeness (QED) is 0.319. The fraction of sp³-hybridized carbons (Fsp3) is 0.0800. The lowest BCUT2D eigenvalue weighted by Gasteiger charge is -2.10. The summed E-state index contributed by atoms with van der Waals surface area (Å²) in [6.45, 7) is 1.91. The smallest absolute Gasteiger partial charge is 0.255 e. The second-order valence-electron chi connectivity index (χ2n) is 7.71. The number of aromatic nitrogens is 5. The molecule has 4 N–H and O–H groups in total. The summed E-state index contributed by atoms with van der Waals surface area (Å²) in [6, 6.07) is 17.7. The highest BCUT2D eigenvalue weighted by atomic mass is 16.5. The monoisotopic (exact) mass is 466 g/mol. The van der Waals surface area contributed by atoms with Gasteiger partial charge in [-0.15, -0.1) is 0 Å². The maximum atomic E-state index is 12.6. The maximum absolute atomic E-state index is 12.6. The molecule has 5 rings (SSSR count). The van der Waals surface area contributed by atoms with E-state index in [0.29, 0.717) is 40.1 Å². The van der Waals surface area contributed by atoms with Crippen LogP contribution in [0.15, 0.2) is 73.2 Å². The first-order chi connectivity index (χ1) is 17.0. The van der Waals surface area contributed by atoms with Gasteiger partial charge in [-0.3, -0.25) is 9.20 Å². The van der Waals surface area contributed by atoms with Crippen molar-refractivity contribution in [2.24, 2.45) is 0 Å². The van der Waals surface area contributed by atoms with Crippen LogP contribution in [0.25, 0.3) is 17.0 Å². The number of para-hydroxylation sites is 2. The molecule has 0 aliphatic rings. The molecule has 0 unspecified atom stereocenters. The molecule has 1 amide bonds. The van der Waals surface area contributed by atoms with Gasteiger partial charge < -0.3 is 21.1 Å². The van der Waals surface area contributed by atoms with E-state index in [1.54, 1.807) is 62.1 Å². The van der Waals surface area contributed by atoms with E-state index in [-0.39, 0.29) is 5.91 Å². The zero-order valence-corrected chi connectivity index (χ0v) is 19.1. The molecule has 0 bridgehead atoms. The molecule has 0 fully saturated rings. The number of imidazole rings is 1. The van der Waals surface area contributed by atoms with Crippen molar-refractivity contribution in [1.82, 2.24) is 24.3 Å². The third-order valence-electron chi connectivity index (χ3n) is 5.39. The molecule has 0 saturated heterocycles. The summed E-state index contributed by atoms with van der Waals surface area (Å²) in [4.78, 5) is 30.4. The molecule has 0 radical (unpaired) electrons. The number of amides is 1. The van der Waals surface area contributed by atoms with Crippen molar-refractivity contribution in [1.29, 1.82) is 0 Å². The Bertz CT molecular complexity index is 1530. The minimum Gasteiger partial charge on any atom is -0.481 e. The van der Waals surface area contributed by atoms with Crippen LogP contribution in [-0.4, -0.2) is 37.4 Å². The lowest BCUT2D eigenvalue weighted by atomic mass is 10.2. The van der Waals surface area contributed by atoms with Crippen molar-refractivity contribution in [2.75, 3.05) is 23.5 Å². The summed E-state index contributed by atoms with van der Waals surface area (Å²) in [5.41, 5.74) is 11.2. The molecule has 0 aliphatic heterocycles. The Labute approximate surface area is 200 Å². The SMILES string of the molecule is COc1cc2nc(C)c(-c3ccnc(Nc4ccc(C(=O)Nc5ccccc5N)cc4)n3)n2cn1. The van der Waals surface area contributed by atoms with Gasteiger partial charge in [0.1, 0.15) is 12.0 Å². The number of hydrogen-bond acceptors (Lipinski definition) is 8. The first-order valence-electron chi connectivity index (χ1n) is 10.8. The van der Waals surface area contributed by atoms with E-state index in [4.69, 9.17) is 10.5 Å². The summed E-state index contributed by atoms with van der Waals surface area (Å²) in [5.74, 6) is 0.650. The van der Waals surface area contributed by atoms with E-state index in [2.05, 4.69) is 30.6 Å². The molecule has 0 aliphatic carbocycles. The third kappa shape index (κ3) is 4.44. The number of ether oxygens (including phenoxy) is 1. The minimum absolute atomic E-state index is 0.249. The van der Waals surface area contributed by atoms with Crippen LogP contribution in [-0.2, 0) is 0 Å². The number of fused-ring (bicyclic) bond motifs is 1. The van der Waals surface area contributed by atoms with Gasteiger partial charge in [0.25, 0.3) is 5.91 Å². The Kier molecular flexibility index (Phi) is 5.68. The molecular formula is C25H22N8O2. The Morgan fingerprint density at radius 1 is 1.03 bits per heavy atom. The number of nitrogens with one attached hydrogen (secondary N) is 2. The van der Waals surface area contributed by atoms with Gasteiger partial charge in [-0.25, -0.2) is 19.9 Å². The van der Waals surface area contributed by atoms with E-state index in [0.717, 1.165) is 17.1 Å². The summed E-state index contributed by atoms with van der Waals surface area (Å²) in [6.07, 6.45) is 3.33. The summed E-state index contributed by atoms with van der Waals surface area (Å²) >= 11 is 0. The molecule has 10 heteroatoms. The van der Waals surface area contributed by atoms with Crippen molar-refractivity contribution >= 4 is 34.6 Å². The number of benzene rings is 2. The number of hydrogen-bond donors (Lipinski definition) is 3. The number of nitrogens with two attached hydrogens (primary N) is 1. The number of methoxy groups -OCH3 is 1. The van der Waals surface area contributed by atoms with Gasteiger partial charge in [0, 0.05) is 23.5 Å². The lowest BCUT2D eigenvalue weighted by Crippen LogP contribution is -2.13. The second-order valence-corrected chi connectivity index (χ2v) is 7.71. The average Bonchev–Trinajstić information content (AvgIpc) is 3.20. The highest BCUT2D eigenvalue weighted by Gasteiger charge is 2.15. The van der Waals surface area contributed by atoms with Crippen LogP contribution in [0.4, 0.5) is 23.0 Å². The molecule has 3 aromatic heterocycles. The van der Waals surface area contributed by atoms with Gasteiger partial charge in [0.2, 0.25) is 11.8 Å². The molecule has 174 valence electrons. The predicted molar refractivity (Wildman–Crippen MR) is 134 cm³/mol. The number of carbonyl (C=O) groups excluding carboxylic acids is 1. The number of nitrogen functional groups attached to an aromatic ring is 1. The van der Waals surface area contributed by atoms with E-state index in [9.17, 15) is 4.79 Å². The number of aryl methyl sites for hydroxylation is 1. The standard InChI is InChI=1S/C25H22N8O2/c1-15-23(33-14-28-22(35-2)13-21(33)29-15)20-11-12-27-25(32-20)30-17-9-7-16(8-10-17)24(34)31-19-6-4-3-5-18(19)26/h3-14H,26H2,1-2H3,(H,31,34)(H,27,30,32). The summed E-state index contributed by atoms with van der Waals surface area (Å²) < 4.78 is 7.05. The van der Waals surface area contributed by atoms with Crippen LogP contribution < -0.4 is 21.1 Å². The van der Waals surface area contributed by atoms with Crippen molar-refractivity contribution in [3.05, 3.63) is 84.4 Å². The van der Waals surface area contributed by atoms with Gasteiger partial charge in [0.05, 0.1) is 35.6 Å². The minimum atomic E-state index is -0.249. The summed E-state index contributed by atoms with van der Waals surface area (Å²) in [7, 11) is 1.57. The fourth-order valence-corrected chi connectivity index (χ4v) is 3.66. The second kappa shape index (κ2) is 9.10. The molecule has 5 aromatic rings. The lowest BCUT2D eigenvalue weighted by molar-refractivity contribution is 0.102. The normalized spacial score (nSPS) is 10.8. The van der Waals surface area contributed by atoms with Crippen LogP contribution in [0.3, 0.4) is 0 Å². The molecule has 0 saturated carbocycles. The first kappa shape index (κ1) is 21.8. The van der Waals surface area contributed by atoms with Crippen LogP contribution in [0, 0.1) is 6.92 Å². The zero-order valence-electron chi connectivity index (χ0n) is 19.1. The summed E-state index contributed by atoms with van der Waals surface area (Å²) in [5, 5.41) is 5.99. The molecule has 0 spiro atoms.